The van der Waals surface area contributed by atoms with E-state index in [1.165, 1.54) is 12.1 Å². The Kier molecular flexibility index (Phi) is 4.14. The molecule has 0 atom stereocenters. The predicted molar refractivity (Wildman–Crippen MR) is 73.8 cm³/mol. The molecular weight excluding hydrogens is 321 g/mol. The zero-order chi connectivity index (χ0) is 13.1. The van der Waals surface area contributed by atoms with E-state index in [0.717, 1.165) is 12.2 Å². The first-order valence-corrected chi connectivity index (χ1v) is 6.51. The second-order valence-corrected chi connectivity index (χ2v) is 4.82. The highest BCUT2D eigenvalue weighted by Crippen LogP contribution is 2.23. The molecule has 0 bridgehead atoms. The third-order valence-corrected chi connectivity index (χ3v) is 2.95. The molecule has 0 spiro atoms. The molecule has 0 aliphatic rings. The summed E-state index contributed by atoms with van der Waals surface area (Å²) in [6.07, 6.45) is 0.734. The summed E-state index contributed by atoms with van der Waals surface area (Å²) < 4.78 is 13.7. The van der Waals surface area contributed by atoms with Crippen molar-refractivity contribution >= 4 is 39.0 Å². The zero-order valence-electron chi connectivity index (χ0n) is 9.54. The molecule has 2 aromatic rings. The first-order valence-electron chi connectivity index (χ1n) is 5.34. The lowest BCUT2D eigenvalue weighted by molar-refractivity contribution is 0.628. The molecule has 94 valence electrons. The van der Waals surface area contributed by atoms with Gasteiger partial charge in [-0.05, 0) is 34.1 Å². The van der Waals surface area contributed by atoms with Crippen LogP contribution in [0.1, 0.15) is 12.7 Å². The summed E-state index contributed by atoms with van der Waals surface area (Å²) in [6, 6.07) is 6.17. The molecule has 1 N–H and O–H groups in total. The van der Waals surface area contributed by atoms with Gasteiger partial charge in [0.05, 0.1) is 5.02 Å². The monoisotopic (exact) mass is 329 g/mol. The molecule has 2 rings (SSSR count). The first-order chi connectivity index (χ1) is 8.58. The fourth-order valence-corrected chi connectivity index (χ4v) is 2.01. The summed E-state index contributed by atoms with van der Waals surface area (Å²) in [5.41, 5.74) is 0.675. The van der Waals surface area contributed by atoms with E-state index in [-0.39, 0.29) is 5.02 Å². The van der Waals surface area contributed by atoms with E-state index in [1.54, 1.807) is 12.1 Å². The van der Waals surface area contributed by atoms with Crippen LogP contribution in [0.15, 0.2) is 28.9 Å². The number of aromatic nitrogens is 2. The van der Waals surface area contributed by atoms with Crippen LogP contribution in [0, 0.1) is 5.82 Å². The van der Waals surface area contributed by atoms with Crippen LogP contribution in [0.4, 0.5) is 15.9 Å². The van der Waals surface area contributed by atoms with Crippen LogP contribution in [0.3, 0.4) is 0 Å². The molecule has 1 heterocycles. The summed E-state index contributed by atoms with van der Waals surface area (Å²) >= 11 is 9.03. The van der Waals surface area contributed by atoms with Gasteiger partial charge in [0, 0.05) is 18.2 Å². The van der Waals surface area contributed by atoms with Gasteiger partial charge in [-0.15, -0.1) is 0 Å². The summed E-state index contributed by atoms with van der Waals surface area (Å²) in [5.74, 6) is 0.914. The summed E-state index contributed by atoms with van der Waals surface area (Å²) in [5, 5.41) is 3.13. The summed E-state index contributed by atoms with van der Waals surface area (Å²) in [7, 11) is 0. The van der Waals surface area contributed by atoms with Crippen molar-refractivity contribution in [2.24, 2.45) is 0 Å². The first kappa shape index (κ1) is 13.2. The summed E-state index contributed by atoms with van der Waals surface area (Å²) in [6.45, 7) is 1.97. The van der Waals surface area contributed by atoms with Crippen molar-refractivity contribution in [3.63, 3.8) is 0 Å². The maximum Gasteiger partial charge on any atom is 0.141 e. The smallest absolute Gasteiger partial charge is 0.141 e. The number of aryl methyl sites for hydroxylation is 1. The minimum absolute atomic E-state index is 0.0730. The van der Waals surface area contributed by atoms with Crippen LogP contribution in [0.2, 0.25) is 5.02 Å². The Morgan fingerprint density at radius 3 is 2.78 bits per heavy atom. The molecule has 6 heteroatoms. The molecule has 0 unspecified atom stereocenters. The van der Waals surface area contributed by atoms with Crippen molar-refractivity contribution in [3.8, 4) is 0 Å². The second kappa shape index (κ2) is 5.63. The molecule has 1 aromatic carbocycles. The Balaban J connectivity index is 2.27. The van der Waals surface area contributed by atoms with Crippen LogP contribution in [0.5, 0.6) is 0 Å². The van der Waals surface area contributed by atoms with Gasteiger partial charge in [0.15, 0.2) is 0 Å². The largest absolute Gasteiger partial charge is 0.340 e. The quantitative estimate of drug-likeness (QED) is 0.851. The fraction of sp³-hybridized carbons (Fsp3) is 0.167. The van der Waals surface area contributed by atoms with E-state index in [2.05, 4.69) is 31.2 Å². The minimum Gasteiger partial charge on any atom is -0.340 e. The molecular formula is C12H10BrClFN3. The highest BCUT2D eigenvalue weighted by atomic mass is 79.9. The normalized spacial score (nSPS) is 10.4. The van der Waals surface area contributed by atoms with E-state index in [9.17, 15) is 4.39 Å². The van der Waals surface area contributed by atoms with E-state index >= 15 is 0 Å². The number of hydrogen-bond donors (Lipinski definition) is 1. The third kappa shape index (κ3) is 3.17. The topological polar surface area (TPSA) is 37.8 Å². The maximum absolute atomic E-state index is 13.0. The van der Waals surface area contributed by atoms with Gasteiger partial charge < -0.3 is 5.32 Å². The molecule has 0 fully saturated rings. The van der Waals surface area contributed by atoms with Crippen molar-refractivity contribution in [2.45, 2.75) is 13.3 Å². The number of anilines is 2. The van der Waals surface area contributed by atoms with Crippen LogP contribution in [-0.4, -0.2) is 9.97 Å². The summed E-state index contributed by atoms with van der Waals surface area (Å²) in [4.78, 5) is 8.52. The van der Waals surface area contributed by atoms with Gasteiger partial charge in [0.1, 0.15) is 22.1 Å². The average molecular weight is 331 g/mol. The van der Waals surface area contributed by atoms with Gasteiger partial charge in [0.2, 0.25) is 0 Å². The number of halogens is 3. The molecule has 0 saturated heterocycles. The van der Waals surface area contributed by atoms with E-state index < -0.39 is 5.82 Å². The highest BCUT2D eigenvalue weighted by molar-refractivity contribution is 9.10. The van der Waals surface area contributed by atoms with Crippen LogP contribution >= 0.6 is 27.5 Å². The molecule has 3 nitrogen and oxygen atoms in total. The Labute approximate surface area is 118 Å². The Bertz CT molecular complexity index is 577. The number of rotatable bonds is 3. The molecule has 0 amide bonds. The van der Waals surface area contributed by atoms with Crippen molar-refractivity contribution in [1.82, 2.24) is 9.97 Å². The molecule has 0 saturated carbocycles. The Hall–Kier alpha value is -1.20. The van der Waals surface area contributed by atoms with E-state index in [4.69, 9.17) is 11.6 Å². The predicted octanol–water partition coefficient (Wildman–Crippen LogP) is 4.34. The standard InChI is InChI=1S/C12H10BrClFN3/c1-2-11-17-10(13)6-12(18-11)16-7-3-4-9(15)8(14)5-7/h3-6H,2H2,1H3,(H,16,17,18). The number of nitrogens with one attached hydrogen (secondary N) is 1. The van der Waals surface area contributed by atoms with Crippen LogP contribution in [0.25, 0.3) is 0 Å². The van der Waals surface area contributed by atoms with Gasteiger partial charge in [-0.3, -0.25) is 0 Å². The molecule has 0 radical (unpaired) electrons. The van der Waals surface area contributed by atoms with Gasteiger partial charge in [-0.25, -0.2) is 14.4 Å². The lowest BCUT2D eigenvalue weighted by Crippen LogP contribution is -1.99. The number of benzene rings is 1. The molecule has 0 aliphatic carbocycles. The second-order valence-electron chi connectivity index (χ2n) is 3.60. The maximum atomic E-state index is 13.0. The van der Waals surface area contributed by atoms with Crippen LogP contribution < -0.4 is 5.32 Å². The van der Waals surface area contributed by atoms with E-state index in [1.807, 2.05) is 6.92 Å². The van der Waals surface area contributed by atoms with Gasteiger partial charge in [0.25, 0.3) is 0 Å². The highest BCUT2D eigenvalue weighted by Gasteiger charge is 2.04. The Morgan fingerprint density at radius 2 is 2.11 bits per heavy atom. The lowest BCUT2D eigenvalue weighted by atomic mass is 10.3. The lowest BCUT2D eigenvalue weighted by Gasteiger charge is -2.08. The molecule has 1 aromatic heterocycles. The average Bonchev–Trinajstić information content (AvgIpc) is 2.33. The van der Waals surface area contributed by atoms with Gasteiger partial charge >= 0.3 is 0 Å². The van der Waals surface area contributed by atoms with Crippen molar-refractivity contribution in [1.29, 1.82) is 0 Å². The Morgan fingerprint density at radius 1 is 1.33 bits per heavy atom. The fourth-order valence-electron chi connectivity index (χ4n) is 1.41. The van der Waals surface area contributed by atoms with Gasteiger partial charge in [-0.1, -0.05) is 18.5 Å². The molecule has 0 aliphatic heterocycles. The minimum atomic E-state index is -0.444. The number of hydrogen-bond acceptors (Lipinski definition) is 3. The van der Waals surface area contributed by atoms with Crippen molar-refractivity contribution in [3.05, 3.63) is 45.5 Å². The van der Waals surface area contributed by atoms with Crippen molar-refractivity contribution in [2.75, 3.05) is 5.32 Å². The van der Waals surface area contributed by atoms with Crippen molar-refractivity contribution < 1.29 is 4.39 Å². The third-order valence-electron chi connectivity index (χ3n) is 2.25. The van der Waals surface area contributed by atoms with Gasteiger partial charge in [-0.2, -0.15) is 0 Å². The molecule has 18 heavy (non-hydrogen) atoms. The van der Waals surface area contributed by atoms with Crippen LogP contribution in [-0.2, 0) is 6.42 Å². The zero-order valence-corrected chi connectivity index (χ0v) is 11.9. The van der Waals surface area contributed by atoms with E-state index in [0.29, 0.717) is 16.1 Å². The number of nitrogens with zero attached hydrogens (tertiary/aromatic N) is 2. The SMILES string of the molecule is CCc1nc(Br)cc(Nc2ccc(F)c(Cl)c2)n1.